The minimum absolute atomic E-state index is 0.618. The molecule has 0 fully saturated rings. The van der Waals surface area contributed by atoms with Gasteiger partial charge in [-0.3, -0.25) is 5.10 Å². The average Bonchev–Trinajstić information content (AvgIpc) is 2.77. The molecule has 0 amide bonds. The third-order valence-electron chi connectivity index (χ3n) is 2.04. The van der Waals surface area contributed by atoms with Gasteiger partial charge in [-0.25, -0.2) is 0 Å². The van der Waals surface area contributed by atoms with Crippen LogP contribution in [0, 0.1) is 0 Å². The number of hydrogen-bond donors (Lipinski definition) is 3. The number of hydrogen-bond acceptors (Lipinski definition) is 2. The molecule has 2 rings (SSSR count). The predicted octanol–water partition coefficient (Wildman–Crippen LogP) is 1.67. The van der Waals surface area contributed by atoms with Crippen LogP contribution in [0.2, 0.25) is 0 Å². The molecule has 0 aromatic carbocycles. The lowest BCUT2D eigenvalue weighted by molar-refractivity contribution is 0.898. The highest BCUT2D eigenvalue weighted by Crippen LogP contribution is 2.28. The van der Waals surface area contributed by atoms with Gasteiger partial charge in [-0.1, -0.05) is 0 Å². The molecule has 0 saturated carbocycles. The van der Waals surface area contributed by atoms with E-state index in [0.717, 1.165) is 27.8 Å². The fourth-order valence-corrected chi connectivity index (χ4v) is 1.94. The molecule has 2 aromatic rings. The average molecular weight is 255 g/mol. The van der Waals surface area contributed by atoms with E-state index < -0.39 is 0 Å². The fraction of sp³-hybridized carbons (Fsp3) is 0.222. The van der Waals surface area contributed by atoms with Crippen molar-refractivity contribution in [3.05, 3.63) is 28.6 Å². The quantitative estimate of drug-likeness (QED) is 0.780. The topological polar surface area (TPSA) is 70.5 Å². The Morgan fingerprint density at radius 2 is 2.36 bits per heavy atom. The Morgan fingerprint density at radius 1 is 1.50 bits per heavy atom. The third kappa shape index (κ3) is 1.60. The molecule has 4 nitrogen and oxygen atoms in total. The first-order chi connectivity index (χ1) is 6.83. The van der Waals surface area contributed by atoms with Crippen molar-refractivity contribution in [2.75, 3.05) is 6.54 Å². The standard InChI is InChI=1S/C9H11BrN4/c10-8-7(1-3-11)13-14-9(8)6-2-4-12-5-6/h2,4-5,12H,1,3,11H2,(H,13,14). The van der Waals surface area contributed by atoms with Crippen LogP contribution in [0.15, 0.2) is 22.9 Å². The summed E-state index contributed by atoms with van der Waals surface area (Å²) in [6.07, 6.45) is 4.59. The molecular weight excluding hydrogens is 244 g/mol. The number of halogens is 1. The Labute approximate surface area is 90.0 Å². The molecular formula is C9H11BrN4. The summed E-state index contributed by atoms with van der Waals surface area (Å²) < 4.78 is 1.00. The molecule has 14 heavy (non-hydrogen) atoms. The molecule has 0 aliphatic heterocycles. The van der Waals surface area contributed by atoms with Gasteiger partial charge in [0.05, 0.1) is 10.2 Å². The van der Waals surface area contributed by atoms with E-state index in [4.69, 9.17) is 5.73 Å². The summed E-state index contributed by atoms with van der Waals surface area (Å²) in [4.78, 5) is 3.00. The summed E-state index contributed by atoms with van der Waals surface area (Å²) in [5, 5.41) is 7.20. The molecule has 0 spiro atoms. The van der Waals surface area contributed by atoms with Gasteiger partial charge in [-0.15, -0.1) is 0 Å². The monoisotopic (exact) mass is 254 g/mol. The predicted molar refractivity (Wildman–Crippen MR) is 58.8 cm³/mol. The second-order valence-corrected chi connectivity index (χ2v) is 3.80. The van der Waals surface area contributed by atoms with Crippen LogP contribution < -0.4 is 5.73 Å². The number of rotatable bonds is 3. The highest BCUT2D eigenvalue weighted by molar-refractivity contribution is 9.10. The van der Waals surface area contributed by atoms with Gasteiger partial charge >= 0.3 is 0 Å². The van der Waals surface area contributed by atoms with Crippen LogP contribution in [0.4, 0.5) is 0 Å². The Kier molecular flexibility index (Phi) is 2.69. The van der Waals surface area contributed by atoms with Crippen LogP contribution >= 0.6 is 15.9 Å². The highest BCUT2D eigenvalue weighted by Gasteiger charge is 2.11. The van der Waals surface area contributed by atoms with Crippen molar-refractivity contribution in [3.63, 3.8) is 0 Å². The van der Waals surface area contributed by atoms with Crippen LogP contribution in [0.25, 0.3) is 11.3 Å². The maximum absolute atomic E-state index is 5.48. The van der Waals surface area contributed by atoms with Crippen LogP contribution in [-0.4, -0.2) is 21.7 Å². The van der Waals surface area contributed by atoms with Gasteiger partial charge in [0.15, 0.2) is 0 Å². The fourth-order valence-electron chi connectivity index (χ4n) is 1.34. The van der Waals surface area contributed by atoms with E-state index in [9.17, 15) is 0 Å². The molecule has 0 radical (unpaired) electrons. The molecule has 2 heterocycles. The minimum atomic E-state index is 0.618. The third-order valence-corrected chi connectivity index (χ3v) is 2.90. The second kappa shape index (κ2) is 3.98. The van der Waals surface area contributed by atoms with E-state index in [0.29, 0.717) is 6.54 Å². The Hall–Kier alpha value is -1.07. The van der Waals surface area contributed by atoms with Gasteiger partial charge < -0.3 is 10.7 Å². The Bertz CT molecular complexity index is 404. The summed E-state index contributed by atoms with van der Waals surface area (Å²) in [6, 6.07) is 1.98. The maximum atomic E-state index is 5.48. The van der Waals surface area contributed by atoms with Crippen molar-refractivity contribution < 1.29 is 0 Å². The molecule has 0 aliphatic carbocycles. The van der Waals surface area contributed by atoms with Gasteiger partial charge in [0.1, 0.15) is 5.69 Å². The summed E-state index contributed by atoms with van der Waals surface area (Å²) in [7, 11) is 0. The minimum Gasteiger partial charge on any atom is -0.367 e. The van der Waals surface area contributed by atoms with Crippen molar-refractivity contribution in [1.82, 2.24) is 15.2 Å². The highest BCUT2D eigenvalue weighted by atomic mass is 79.9. The van der Waals surface area contributed by atoms with E-state index in [2.05, 4.69) is 31.1 Å². The largest absolute Gasteiger partial charge is 0.367 e. The lowest BCUT2D eigenvalue weighted by Gasteiger charge is -1.94. The number of aromatic amines is 2. The number of nitrogens with zero attached hydrogens (tertiary/aromatic N) is 1. The van der Waals surface area contributed by atoms with Crippen molar-refractivity contribution >= 4 is 15.9 Å². The van der Waals surface area contributed by atoms with Crippen LogP contribution in [0.5, 0.6) is 0 Å². The molecule has 0 unspecified atom stereocenters. The van der Waals surface area contributed by atoms with Crippen LogP contribution in [-0.2, 0) is 6.42 Å². The van der Waals surface area contributed by atoms with E-state index in [-0.39, 0.29) is 0 Å². The molecule has 4 N–H and O–H groups in total. The molecule has 0 atom stereocenters. The van der Waals surface area contributed by atoms with E-state index in [1.54, 1.807) is 0 Å². The summed E-state index contributed by atoms with van der Waals surface area (Å²) in [5.41, 5.74) is 8.52. The molecule has 0 saturated heterocycles. The first kappa shape index (κ1) is 9.48. The summed E-state index contributed by atoms with van der Waals surface area (Å²) >= 11 is 3.51. The van der Waals surface area contributed by atoms with Crippen LogP contribution in [0.1, 0.15) is 5.69 Å². The van der Waals surface area contributed by atoms with Crippen molar-refractivity contribution in [3.8, 4) is 11.3 Å². The SMILES string of the molecule is NCCc1[nH]nc(-c2cc[nH]c2)c1Br. The zero-order valence-electron chi connectivity index (χ0n) is 7.55. The Balaban J connectivity index is 2.36. The lowest BCUT2D eigenvalue weighted by atomic mass is 10.2. The van der Waals surface area contributed by atoms with E-state index in [1.165, 1.54) is 0 Å². The van der Waals surface area contributed by atoms with E-state index >= 15 is 0 Å². The smallest absolute Gasteiger partial charge is 0.108 e. The normalized spacial score (nSPS) is 10.7. The van der Waals surface area contributed by atoms with Gasteiger partial charge in [0, 0.05) is 24.4 Å². The summed E-state index contributed by atoms with van der Waals surface area (Å²) in [5.74, 6) is 0. The first-order valence-corrected chi connectivity index (χ1v) is 5.18. The van der Waals surface area contributed by atoms with Crippen molar-refractivity contribution in [2.45, 2.75) is 6.42 Å². The second-order valence-electron chi connectivity index (χ2n) is 3.00. The molecule has 2 aromatic heterocycles. The van der Waals surface area contributed by atoms with Crippen LogP contribution in [0.3, 0.4) is 0 Å². The maximum Gasteiger partial charge on any atom is 0.108 e. The molecule has 5 heteroatoms. The molecule has 74 valence electrons. The van der Waals surface area contributed by atoms with Gasteiger partial charge in [-0.2, -0.15) is 5.10 Å². The first-order valence-electron chi connectivity index (χ1n) is 4.39. The van der Waals surface area contributed by atoms with Gasteiger partial charge in [0.25, 0.3) is 0 Å². The number of H-pyrrole nitrogens is 2. The zero-order chi connectivity index (χ0) is 9.97. The number of aromatic nitrogens is 3. The number of nitrogens with one attached hydrogen (secondary N) is 2. The lowest BCUT2D eigenvalue weighted by Crippen LogP contribution is -2.03. The van der Waals surface area contributed by atoms with Crippen molar-refractivity contribution in [1.29, 1.82) is 0 Å². The zero-order valence-corrected chi connectivity index (χ0v) is 9.13. The van der Waals surface area contributed by atoms with Gasteiger partial charge in [-0.05, 0) is 28.5 Å². The summed E-state index contributed by atoms with van der Waals surface area (Å²) in [6.45, 7) is 0.618. The Morgan fingerprint density at radius 3 is 3.00 bits per heavy atom. The number of nitrogens with two attached hydrogens (primary N) is 1. The molecule has 0 aliphatic rings. The molecule has 0 bridgehead atoms. The van der Waals surface area contributed by atoms with Crippen molar-refractivity contribution in [2.24, 2.45) is 5.73 Å². The van der Waals surface area contributed by atoms with E-state index in [1.807, 2.05) is 18.5 Å². The van der Waals surface area contributed by atoms with Gasteiger partial charge in [0.2, 0.25) is 0 Å².